The van der Waals surface area contributed by atoms with Gasteiger partial charge in [0.25, 0.3) is 0 Å². The molecule has 1 aliphatic heterocycles. The number of nitrogens with zero attached hydrogens (tertiary/aromatic N) is 1. The molecule has 3 aliphatic rings. The summed E-state index contributed by atoms with van der Waals surface area (Å²) in [6, 6.07) is 0.348. The number of carboxylic acid groups (broad SMARTS) is 1. The third-order valence-electron chi connectivity index (χ3n) is 6.28. The molecule has 1 saturated heterocycles. The highest BCUT2D eigenvalue weighted by Gasteiger charge is 2.50. The van der Waals surface area contributed by atoms with Gasteiger partial charge in [-0.2, -0.15) is 0 Å². The van der Waals surface area contributed by atoms with Gasteiger partial charge in [0.1, 0.15) is 6.04 Å². The van der Waals surface area contributed by atoms with E-state index in [2.05, 4.69) is 18.7 Å². The van der Waals surface area contributed by atoms with Crippen molar-refractivity contribution in [3.8, 4) is 0 Å². The molecule has 3 fully saturated rings. The maximum absolute atomic E-state index is 11.8. The number of carboxylic acids is 1. The summed E-state index contributed by atoms with van der Waals surface area (Å²) in [4.78, 5) is 14.2. The molecule has 0 amide bonds. The van der Waals surface area contributed by atoms with Crippen LogP contribution < -0.4 is 0 Å². The largest absolute Gasteiger partial charge is 0.480 e. The van der Waals surface area contributed by atoms with Gasteiger partial charge < -0.3 is 5.11 Å². The molecule has 2 saturated carbocycles. The molecule has 3 rings (SSSR count). The van der Waals surface area contributed by atoms with Crippen LogP contribution in [0.1, 0.15) is 58.8 Å². The van der Waals surface area contributed by atoms with Crippen LogP contribution >= 0.6 is 0 Å². The van der Waals surface area contributed by atoms with Crippen LogP contribution in [0.4, 0.5) is 0 Å². The van der Waals surface area contributed by atoms with E-state index in [9.17, 15) is 9.90 Å². The summed E-state index contributed by atoms with van der Waals surface area (Å²) in [7, 11) is 0. The molecule has 1 heterocycles. The van der Waals surface area contributed by atoms with Crippen LogP contribution in [0.5, 0.6) is 0 Å². The number of fused-ring (bicyclic) bond motifs is 1. The van der Waals surface area contributed by atoms with Crippen molar-refractivity contribution in [2.24, 2.45) is 23.7 Å². The molecule has 1 N–H and O–H groups in total. The molecule has 5 unspecified atom stereocenters. The Morgan fingerprint density at radius 1 is 1.15 bits per heavy atom. The fourth-order valence-electron chi connectivity index (χ4n) is 5.15. The number of carbonyl (C=O) groups is 1. The number of likely N-dealkylation sites (tertiary alicyclic amines) is 1. The van der Waals surface area contributed by atoms with E-state index in [4.69, 9.17) is 0 Å². The lowest BCUT2D eigenvalue weighted by atomic mass is 9.78. The van der Waals surface area contributed by atoms with E-state index >= 15 is 0 Å². The molecule has 5 atom stereocenters. The van der Waals surface area contributed by atoms with Crippen LogP contribution in [-0.2, 0) is 4.79 Å². The maximum atomic E-state index is 11.8. The predicted octanol–water partition coefficient (Wildman–Crippen LogP) is 3.39. The maximum Gasteiger partial charge on any atom is 0.321 e. The Morgan fingerprint density at radius 3 is 2.60 bits per heavy atom. The molecule has 114 valence electrons. The van der Waals surface area contributed by atoms with Gasteiger partial charge in [-0.05, 0) is 49.4 Å². The molecule has 0 aromatic carbocycles. The summed E-state index contributed by atoms with van der Waals surface area (Å²) >= 11 is 0. The fraction of sp³-hybridized carbons (Fsp3) is 0.941. The Bertz CT molecular complexity index is 368. The van der Waals surface area contributed by atoms with E-state index < -0.39 is 5.97 Å². The summed E-state index contributed by atoms with van der Waals surface area (Å²) < 4.78 is 0. The van der Waals surface area contributed by atoms with Gasteiger partial charge in [-0.1, -0.05) is 33.1 Å². The highest BCUT2D eigenvalue weighted by atomic mass is 16.4. The van der Waals surface area contributed by atoms with Gasteiger partial charge in [0.05, 0.1) is 0 Å². The van der Waals surface area contributed by atoms with E-state index in [1.165, 1.54) is 38.5 Å². The van der Waals surface area contributed by atoms with Gasteiger partial charge in [0, 0.05) is 12.6 Å². The Morgan fingerprint density at radius 2 is 1.90 bits per heavy atom. The lowest BCUT2D eigenvalue weighted by Crippen LogP contribution is -2.47. The van der Waals surface area contributed by atoms with Crippen molar-refractivity contribution >= 4 is 5.97 Å². The number of hydrogen-bond donors (Lipinski definition) is 1. The zero-order chi connectivity index (χ0) is 14.3. The van der Waals surface area contributed by atoms with Crippen molar-refractivity contribution in [3.05, 3.63) is 0 Å². The Labute approximate surface area is 122 Å². The highest BCUT2D eigenvalue weighted by Crippen LogP contribution is 2.45. The zero-order valence-corrected chi connectivity index (χ0v) is 12.9. The second-order valence-electron chi connectivity index (χ2n) is 7.66. The van der Waals surface area contributed by atoms with Crippen LogP contribution in [-0.4, -0.2) is 34.6 Å². The molecular formula is C17H29NO2. The third kappa shape index (κ3) is 2.49. The van der Waals surface area contributed by atoms with Crippen LogP contribution in [0.3, 0.4) is 0 Å². The fourth-order valence-corrected chi connectivity index (χ4v) is 5.15. The zero-order valence-electron chi connectivity index (χ0n) is 12.9. The third-order valence-corrected chi connectivity index (χ3v) is 6.28. The van der Waals surface area contributed by atoms with Crippen molar-refractivity contribution in [1.29, 1.82) is 0 Å². The molecule has 0 spiro atoms. The van der Waals surface area contributed by atoms with E-state index in [1.54, 1.807) is 0 Å². The van der Waals surface area contributed by atoms with Gasteiger partial charge >= 0.3 is 5.97 Å². The van der Waals surface area contributed by atoms with Crippen LogP contribution in [0.15, 0.2) is 0 Å². The molecule has 3 nitrogen and oxygen atoms in total. The predicted molar refractivity (Wildman–Crippen MR) is 79.5 cm³/mol. The minimum absolute atomic E-state index is 0.182. The molecule has 0 aromatic heterocycles. The number of aliphatic carboxylic acids is 1. The van der Waals surface area contributed by atoms with Crippen molar-refractivity contribution in [1.82, 2.24) is 4.90 Å². The van der Waals surface area contributed by atoms with Crippen molar-refractivity contribution in [2.45, 2.75) is 70.9 Å². The number of rotatable bonds is 3. The van der Waals surface area contributed by atoms with Gasteiger partial charge in [-0.25, -0.2) is 0 Å². The summed E-state index contributed by atoms with van der Waals surface area (Å²) in [5.74, 6) is 2.07. The SMILES string of the molecule is CC(C)C1CCCC(N2CC3CCCC3C2C(=O)O)C1. The van der Waals surface area contributed by atoms with Gasteiger partial charge in [-0.3, -0.25) is 9.69 Å². The van der Waals surface area contributed by atoms with Crippen molar-refractivity contribution < 1.29 is 9.90 Å². The van der Waals surface area contributed by atoms with Crippen LogP contribution in [0.25, 0.3) is 0 Å². The van der Waals surface area contributed by atoms with Crippen LogP contribution in [0.2, 0.25) is 0 Å². The summed E-state index contributed by atoms with van der Waals surface area (Å²) in [5, 5.41) is 9.69. The highest BCUT2D eigenvalue weighted by molar-refractivity contribution is 5.74. The monoisotopic (exact) mass is 279 g/mol. The van der Waals surface area contributed by atoms with Crippen LogP contribution in [0, 0.1) is 23.7 Å². The first kappa shape index (κ1) is 14.4. The second kappa shape index (κ2) is 5.67. The molecule has 0 bridgehead atoms. The minimum Gasteiger partial charge on any atom is -0.480 e. The average Bonchev–Trinajstić information content (AvgIpc) is 2.97. The van der Waals surface area contributed by atoms with Crippen molar-refractivity contribution in [3.63, 3.8) is 0 Å². The van der Waals surface area contributed by atoms with E-state index in [1.807, 2.05) is 0 Å². The lowest BCUT2D eigenvalue weighted by molar-refractivity contribution is -0.144. The average molecular weight is 279 g/mol. The number of hydrogen-bond acceptors (Lipinski definition) is 2. The lowest BCUT2D eigenvalue weighted by Gasteiger charge is -2.39. The van der Waals surface area contributed by atoms with Gasteiger partial charge in [-0.15, -0.1) is 0 Å². The van der Waals surface area contributed by atoms with E-state index in [-0.39, 0.29) is 6.04 Å². The quantitative estimate of drug-likeness (QED) is 0.861. The standard InChI is InChI=1S/C17H29NO2/c1-11(2)12-5-3-7-14(9-12)18-10-13-6-4-8-15(13)16(18)17(19)20/h11-16H,3-10H2,1-2H3,(H,19,20). The minimum atomic E-state index is -0.564. The molecular weight excluding hydrogens is 250 g/mol. The summed E-state index contributed by atoms with van der Waals surface area (Å²) in [6.07, 6.45) is 8.70. The first-order valence-electron chi connectivity index (χ1n) is 8.56. The summed E-state index contributed by atoms with van der Waals surface area (Å²) in [6.45, 7) is 5.69. The molecule has 20 heavy (non-hydrogen) atoms. The Hall–Kier alpha value is -0.570. The summed E-state index contributed by atoms with van der Waals surface area (Å²) in [5.41, 5.74) is 0. The molecule has 2 aliphatic carbocycles. The smallest absolute Gasteiger partial charge is 0.321 e. The first-order valence-corrected chi connectivity index (χ1v) is 8.56. The molecule has 0 radical (unpaired) electrons. The van der Waals surface area contributed by atoms with E-state index in [0.717, 1.165) is 24.8 Å². The topological polar surface area (TPSA) is 40.5 Å². The second-order valence-corrected chi connectivity index (χ2v) is 7.66. The van der Waals surface area contributed by atoms with Gasteiger partial charge in [0.15, 0.2) is 0 Å². The van der Waals surface area contributed by atoms with E-state index in [0.29, 0.717) is 17.9 Å². The Kier molecular flexibility index (Phi) is 4.07. The Balaban J connectivity index is 1.73. The normalized spacial score (nSPS) is 42.0. The van der Waals surface area contributed by atoms with Gasteiger partial charge in [0.2, 0.25) is 0 Å². The van der Waals surface area contributed by atoms with Crippen molar-refractivity contribution in [2.75, 3.05) is 6.54 Å². The first-order chi connectivity index (χ1) is 9.58. The molecule has 0 aromatic rings. The molecule has 3 heteroatoms.